The third kappa shape index (κ3) is 4.51. The smallest absolute Gasteiger partial charge is 0.173 e. The predicted molar refractivity (Wildman–Crippen MR) is 93.2 cm³/mol. The minimum atomic E-state index is -0.186. The van der Waals surface area contributed by atoms with E-state index in [1.165, 1.54) is 0 Å². The number of likely N-dealkylation sites (tertiary alicyclic amines) is 1. The van der Waals surface area contributed by atoms with E-state index in [0.29, 0.717) is 37.7 Å². The molecule has 2 aliphatic rings. The molecule has 1 unspecified atom stereocenters. The highest BCUT2D eigenvalue weighted by atomic mass is 16.7. The first kappa shape index (κ1) is 18.2. The molecule has 0 N–H and O–H groups in total. The molecule has 2 heterocycles. The lowest BCUT2D eigenvalue weighted by Gasteiger charge is -2.37. The van der Waals surface area contributed by atoms with Crippen LogP contribution >= 0.6 is 0 Å². The third-order valence-electron chi connectivity index (χ3n) is 4.85. The van der Waals surface area contributed by atoms with E-state index in [4.69, 9.17) is 18.9 Å². The number of methoxy groups -OCH3 is 2. The number of carbonyl (C=O) groups is 1. The van der Waals surface area contributed by atoms with Gasteiger partial charge in [0.15, 0.2) is 23.6 Å². The van der Waals surface area contributed by atoms with Crippen molar-refractivity contribution in [1.29, 1.82) is 0 Å². The number of nitrogens with zero attached hydrogens (tertiary/aromatic N) is 1. The summed E-state index contributed by atoms with van der Waals surface area (Å²) in [5.74, 6) is 1.51. The summed E-state index contributed by atoms with van der Waals surface area (Å²) in [6.07, 6.45) is 3.50. The Hall–Kier alpha value is -1.63. The minimum absolute atomic E-state index is 0.186. The zero-order valence-corrected chi connectivity index (χ0v) is 15.0. The van der Waals surface area contributed by atoms with Crippen molar-refractivity contribution in [3.8, 4) is 11.5 Å². The topological polar surface area (TPSA) is 57.2 Å². The zero-order chi connectivity index (χ0) is 17.6. The standard InChI is InChI=1S/C19H27NO5/c1-22-17-7-6-14(12-18(17)23-2)11-15(21)13-20-8-4-3-5-16(20)19-24-9-10-25-19/h6-7,12,16,19H,3-5,8-11,13H2,1-2H3. The van der Waals surface area contributed by atoms with Gasteiger partial charge in [0.1, 0.15) is 0 Å². The van der Waals surface area contributed by atoms with Gasteiger partial charge in [0.05, 0.1) is 40.0 Å². The van der Waals surface area contributed by atoms with Crippen LogP contribution in [0.15, 0.2) is 18.2 Å². The Balaban J connectivity index is 1.61. The first-order chi connectivity index (χ1) is 12.2. The van der Waals surface area contributed by atoms with Crippen LogP contribution < -0.4 is 9.47 Å². The van der Waals surface area contributed by atoms with E-state index in [1.807, 2.05) is 18.2 Å². The molecule has 0 aliphatic carbocycles. The summed E-state index contributed by atoms with van der Waals surface area (Å²) in [5.41, 5.74) is 0.935. The summed E-state index contributed by atoms with van der Waals surface area (Å²) in [6.45, 7) is 2.65. The van der Waals surface area contributed by atoms with Crippen molar-refractivity contribution in [2.75, 3.05) is 40.5 Å². The number of benzene rings is 1. The second kappa shape index (κ2) is 8.65. The molecule has 25 heavy (non-hydrogen) atoms. The monoisotopic (exact) mass is 349 g/mol. The van der Waals surface area contributed by atoms with Crippen LogP contribution in [0.4, 0.5) is 0 Å². The van der Waals surface area contributed by atoms with Crippen molar-refractivity contribution in [2.24, 2.45) is 0 Å². The van der Waals surface area contributed by atoms with Crippen LogP contribution in [-0.4, -0.2) is 63.5 Å². The summed E-state index contributed by atoms with van der Waals surface area (Å²) >= 11 is 0. The van der Waals surface area contributed by atoms with Gasteiger partial charge in [0.2, 0.25) is 0 Å². The summed E-state index contributed by atoms with van der Waals surface area (Å²) in [4.78, 5) is 14.8. The molecule has 0 amide bonds. The van der Waals surface area contributed by atoms with Crippen LogP contribution in [0.5, 0.6) is 11.5 Å². The van der Waals surface area contributed by atoms with Gasteiger partial charge in [-0.15, -0.1) is 0 Å². The van der Waals surface area contributed by atoms with E-state index in [-0.39, 0.29) is 18.1 Å². The van der Waals surface area contributed by atoms with Crippen molar-refractivity contribution >= 4 is 5.78 Å². The molecule has 1 atom stereocenters. The van der Waals surface area contributed by atoms with Gasteiger partial charge in [-0.3, -0.25) is 9.69 Å². The second-order valence-electron chi connectivity index (χ2n) is 6.55. The van der Waals surface area contributed by atoms with Gasteiger partial charge in [-0.25, -0.2) is 0 Å². The van der Waals surface area contributed by atoms with Gasteiger partial charge in [0, 0.05) is 6.42 Å². The average molecular weight is 349 g/mol. The fourth-order valence-corrected chi connectivity index (χ4v) is 3.62. The Labute approximate surface area is 149 Å². The Morgan fingerprint density at radius 2 is 1.92 bits per heavy atom. The van der Waals surface area contributed by atoms with E-state index in [1.54, 1.807) is 14.2 Å². The van der Waals surface area contributed by atoms with Crippen molar-refractivity contribution in [1.82, 2.24) is 4.90 Å². The van der Waals surface area contributed by atoms with Crippen LogP contribution in [0.1, 0.15) is 24.8 Å². The van der Waals surface area contributed by atoms with Crippen LogP contribution in [0, 0.1) is 0 Å². The highest BCUT2D eigenvalue weighted by Gasteiger charge is 2.34. The molecule has 1 aromatic rings. The Bertz CT molecular complexity index is 585. The lowest BCUT2D eigenvalue weighted by molar-refractivity contribution is -0.129. The molecule has 0 spiro atoms. The summed E-state index contributed by atoms with van der Waals surface area (Å²) in [7, 11) is 3.20. The molecule has 6 nitrogen and oxygen atoms in total. The quantitative estimate of drug-likeness (QED) is 0.751. The lowest BCUT2D eigenvalue weighted by atomic mass is 10.00. The Kier molecular flexibility index (Phi) is 6.29. The number of rotatable bonds is 7. The number of piperidine rings is 1. The van der Waals surface area contributed by atoms with Crippen molar-refractivity contribution in [2.45, 2.75) is 38.0 Å². The third-order valence-corrected chi connectivity index (χ3v) is 4.85. The molecule has 0 saturated carbocycles. The van der Waals surface area contributed by atoms with Crippen LogP contribution in [-0.2, 0) is 20.7 Å². The number of Topliss-reactive ketones (excluding diaryl/α,β-unsaturated/α-hetero) is 1. The number of ketones is 1. The number of ether oxygens (including phenoxy) is 4. The fraction of sp³-hybridized carbons (Fsp3) is 0.632. The van der Waals surface area contributed by atoms with Crippen molar-refractivity contribution in [3.05, 3.63) is 23.8 Å². The number of carbonyl (C=O) groups excluding carboxylic acids is 1. The molecule has 2 fully saturated rings. The van der Waals surface area contributed by atoms with Gasteiger partial charge in [-0.1, -0.05) is 12.5 Å². The maximum atomic E-state index is 12.6. The molecular formula is C19H27NO5. The van der Waals surface area contributed by atoms with Crippen molar-refractivity contribution < 1.29 is 23.7 Å². The maximum Gasteiger partial charge on any atom is 0.173 e. The Morgan fingerprint density at radius 3 is 2.64 bits per heavy atom. The minimum Gasteiger partial charge on any atom is -0.493 e. The van der Waals surface area contributed by atoms with E-state index in [9.17, 15) is 4.79 Å². The van der Waals surface area contributed by atoms with Crippen LogP contribution in [0.2, 0.25) is 0 Å². The normalized spacial score (nSPS) is 22.1. The van der Waals surface area contributed by atoms with Gasteiger partial charge in [-0.05, 0) is 37.1 Å². The average Bonchev–Trinajstić information content (AvgIpc) is 3.16. The van der Waals surface area contributed by atoms with Gasteiger partial charge in [0.25, 0.3) is 0 Å². The number of hydrogen-bond donors (Lipinski definition) is 0. The molecule has 0 aromatic heterocycles. The molecule has 1 aromatic carbocycles. The van der Waals surface area contributed by atoms with E-state index in [2.05, 4.69) is 4.90 Å². The molecular weight excluding hydrogens is 322 g/mol. The molecule has 3 rings (SSSR count). The molecule has 2 saturated heterocycles. The van der Waals surface area contributed by atoms with E-state index >= 15 is 0 Å². The Morgan fingerprint density at radius 1 is 1.16 bits per heavy atom. The first-order valence-corrected chi connectivity index (χ1v) is 8.91. The SMILES string of the molecule is COc1ccc(CC(=O)CN2CCCCC2C2OCCO2)cc1OC. The summed E-state index contributed by atoms with van der Waals surface area (Å²) in [5, 5.41) is 0. The lowest BCUT2D eigenvalue weighted by Crippen LogP contribution is -2.49. The zero-order valence-electron chi connectivity index (χ0n) is 15.0. The molecule has 0 radical (unpaired) electrons. The molecule has 0 bridgehead atoms. The van der Waals surface area contributed by atoms with Gasteiger partial charge >= 0.3 is 0 Å². The van der Waals surface area contributed by atoms with Gasteiger partial charge < -0.3 is 18.9 Å². The van der Waals surface area contributed by atoms with Crippen molar-refractivity contribution in [3.63, 3.8) is 0 Å². The second-order valence-corrected chi connectivity index (χ2v) is 6.55. The fourth-order valence-electron chi connectivity index (χ4n) is 3.62. The molecule has 2 aliphatic heterocycles. The first-order valence-electron chi connectivity index (χ1n) is 8.91. The molecule has 6 heteroatoms. The number of hydrogen-bond acceptors (Lipinski definition) is 6. The summed E-state index contributed by atoms with van der Waals surface area (Å²) in [6, 6.07) is 5.81. The van der Waals surface area contributed by atoms with Crippen LogP contribution in [0.3, 0.4) is 0 Å². The van der Waals surface area contributed by atoms with E-state index in [0.717, 1.165) is 31.4 Å². The van der Waals surface area contributed by atoms with Gasteiger partial charge in [-0.2, -0.15) is 0 Å². The maximum absolute atomic E-state index is 12.6. The highest BCUT2D eigenvalue weighted by molar-refractivity contribution is 5.83. The highest BCUT2D eigenvalue weighted by Crippen LogP contribution is 2.28. The van der Waals surface area contributed by atoms with E-state index < -0.39 is 0 Å². The molecule has 138 valence electrons. The van der Waals surface area contributed by atoms with Crippen LogP contribution in [0.25, 0.3) is 0 Å². The summed E-state index contributed by atoms with van der Waals surface area (Å²) < 4.78 is 21.9. The predicted octanol–water partition coefficient (Wildman–Crippen LogP) is 2.04. The largest absolute Gasteiger partial charge is 0.493 e.